The molecule has 1 atom stereocenters. The first-order chi connectivity index (χ1) is 11.7. The standard InChI is InChI=1S/C17H20ClN3O3/c1-2-9-21(17(22)14-8-5-10-23-14)11-15-19-20-16(24-15)12-6-3-4-7-13(12)18/h3-4,6-7,14H,2,5,8-11H2,1H3. The minimum Gasteiger partial charge on any atom is -0.419 e. The maximum atomic E-state index is 12.6. The third-order valence-electron chi connectivity index (χ3n) is 3.91. The van der Waals surface area contributed by atoms with Gasteiger partial charge in [-0.25, -0.2) is 0 Å². The first kappa shape index (κ1) is 16.9. The fourth-order valence-electron chi connectivity index (χ4n) is 2.74. The molecule has 0 N–H and O–H groups in total. The quantitative estimate of drug-likeness (QED) is 0.800. The molecule has 128 valence electrons. The van der Waals surface area contributed by atoms with Crippen LogP contribution in [0.1, 0.15) is 32.1 Å². The number of aromatic nitrogens is 2. The van der Waals surface area contributed by atoms with Crippen molar-refractivity contribution in [2.75, 3.05) is 13.2 Å². The van der Waals surface area contributed by atoms with Crippen molar-refractivity contribution in [3.05, 3.63) is 35.2 Å². The molecule has 1 aromatic carbocycles. The summed E-state index contributed by atoms with van der Waals surface area (Å²) in [4.78, 5) is 14.3. The lowest BCUT2D eigenvalue weighted by molar-refractivity contribution is -0.141. The molecular formula is C17H20ClN3O3. The number of carbonyl (C=O) groups excluding carboxylic acids is 1. The first-order valence-electron chi connectivity index (χ1n) is 8.16. The molecule has 24 heavy (non-hydrogen) atoms. The number of hydrogen-bond donors (Lipinski definition) is 0. The molecule has 2 heterocycles. The third-order valence-corrected chi connectivity index (χ3v) is 4.24. The summed E-state index contributed by atoms with van der Waals surface area (Å²) in [6.45, 7) is 3.58. The highest BCUT2D eigenvalue weighted by Gasteiger charge is 2.29. The highest BCUT2D eigenvalue weighted by Crippen LogP contribution is 2.26. The average molecular weight is 350 g/mol. The molecule has 2 aromatic rings. The van der Waals surface area contributed by atoms with Crippen molar-refractivity contribution in [1.29, 1.82) is 0 Å². The van der Waals surface area contributed by atoms with Crippen molar-refractivity contribution in [3.63, 3.8) is 0 Å². The summed E-state index contributed by atoms with van der Waals surface area (Å²) in [5.74, 6) is 0.744. The molecule has 1 saturated heterocycles. The lowest BCUT2D eigenvalue weighted by atomic mass is 10.2. The molecule has 1 aliphatic rings. The topological polar surface area (TPSA) is 68.5 Å². The van der Waals surface area contributed by atoms with Crippen molar-refractivity contribution >= 4 is 17.5 Å². The number of benzene rings is 1. The molecule has 6 nitrogen and oxygen atoms in total. The van der Waals surface area contributed by atoms with Gasteiger partial charge < -0.3 is 14.1 Å². The lowest BCUT2D eigenvalue weighted by Crippen LogP contribution is -2.39. The van der Waals surface area contributed by atoms with Gasteiger partial charge in [-0.15, -0.1) is 10.2 Å². The number of halogens is 1. The van der Waals surface area contributed by atoms with Gasteiger partial charge in [-0.2, -0.15) is 0 Å². The Balaban J connectivity index is 1.73. The van der Waals surface area contributed by atoms with Crippen LogP contribution in [0.15, 0.2) is 28.7 Å². The van der Waals surface area contributed by atoms with Crippen LogP contribution < -0.4 is 0 Å². The predicted molar refractivity (Wildman–Crippen MR) is 89.4 cm³/mol. The molecule has 0 saturated carbocycles. The molecule has 3 rings (SSSR count). The Labute approximate surface area is 145 Å². The van der Waals surface area contributed by atoms with Gasteiger partial charge in [0.25, 0.3) is 5.91 Å². The first-order valence-corrected chi connectivity index (χ1v) is 8.54. The monoisotopic (exact) mass is 349 g/mol. The molecule has 1 amide bonds. The Morgan fingerprint density at radius 1 is 1.38 bits per heavy atom. The van der Waals surface area contributed by atoms with E-state index in [0.717, 1.165) is 19.3 Å². The van der Waals surface area contributed by atoms with Crippen LogP contribution in [0.2, 0.25) is 5.02 Å². The fraction of sp³-hybridized carbons (Fsp3) is 0.471. The number of ether oxygens (including phenoxy) is 1. The lowest BCUT2D eigenvalue weighted by Gasteiger charge is -2.23. The van der Waals surface area contributed by atoms with Crippen LogP contribution in [-0.2, 0) is 16.1 Å². The molecule has 1 aliphatic heterocycles. The SMILES string of the molecule is CCCN(Cc1nnc(-c2ccccc2Cl)o1)C(=O)C1CCCO1. The van der Waals surface area contributed by atoms with Gasteiger partial charge in [0.15, 0.2) is 0 Å². The minimum absolute atomic E-state index is 0.00755. The molecule has 0 aliphatic carbocycles. The van der Waals surface area contributed by atoms with Gasteiger partial charge >= 0.3 is 0 Å². The van der Waals surface area contributed by atoms with E-state index in [1.807, 2.05) is 25.1 Å². The van der Waals surface area contributed by atoms with Gasteiger partial charge in [0.05, 0.1) is 17.1 Å². The highest BCUT2D eigenvalue weighted by molar-refractivity contribution is 6.33. The molecule has 7 heteroatoms. The maximum absolute atomic E-state index is 12.6. The zero-order chi connectivity index (χ0) is 16.9. The predicted octanol–water partition coefficient (Wildman–Crippen LogP) is 3.31. The number of hydrogen-bond acceptors (Lipinski definition) is 5. The van der Waals surface area contributed by atoms with Crippen molar-refractivity contribution in [2.45, 2.75) is 38.8 Å². The van der Waals surface area contributed by atoms with Crippen molar-refractivity contribution in [2.24, 2.45) is 0 Å². The maximum Gasteiger partial charge on any atom is 0.252 e. The van der Waals surface area contributed by atoms with Crippen LogP contribution in [0.4, 0.5) is 0 Å². The summed E-state index contributed by atoms with van der Waals surface area (Å²) in [5.41, 5.74) is 0.686. The van der Waals surface area contributed by atoms with E-state index in [4.69, 9.17) is 20.8 Å². The van der Waals surface area contributed by atoms with Gasteiger partial charge in [0.1, 0.15) is 6.10 Å². The Kier molecular flexibility index (Phi) is 5.48. The van der Waals surface area contributed by atoms with Crippen LogP contribution >= 0.6 is 11.6 Å². The number of nitrogens with zero attached hydrogens (tertiary/aromatic N) is 3. The van der Waals surface area contributed by atoms with Crippen LogP contribution in [0.25, 0.3) is 11.5 Å². The average Bonchev–Trinajstić information content (AvgIpc) is 3.26. The smallest absolute Gasteiger partial charge is 0.252 e. The Bertz CT molecular complexity index is 698. The Morgan fingerprint density at radius 2 is 2.21 bits per heavy atom. The summed E-state index contributed by atoms with van der Waals surface area (Å²) >= 11 is 6.15. The summed E-state index contributed by atoms with van der Waals surface area (Å²) in [6, 6.07) is 7.29. The number of carbonyl (C=O) groups is 1. The van der Waals surface area contributed by atoms with Crippen molar-refractivity contribution in [1.82, 2.24) is 15.1 Å². The second-order valence-corrected chi connectivity index (χ2v) is 6.15. The zero-order valence-corrected chi connectivity index (χ0v) is 14.3. The second kappa shape index (κ2) is 7.77. The van der Waals surface area contributed by atoms with Gasteiger partial charge in [0, 0.05) is 13.2 Å². The Morgan fingerprint density at radius 3 is 2.92 bits per heavy atom. The normalized spacial score (nSPS) is 17.2. The molecule has 1 fully saturated rings. The van der Waals surface area contributed by atoms with E-state index in [2.05, 4.69) is 10.2 Å². The van der Waals surface area contributed by atoms with E-state index in [1.54, 1.807) is 11.0 Å². The zero-order valence-electron chi connectivity index (χ0n) is 13.6. The number of rotatable bonds is 6. The minimum atomic E-state index is -0.345. The highest BCUT2D eigenvalue weighted by atomic mass is 35.5. The van der Waals surface area contributed by atoms with E-state index < -0.39 is 0 Å². The van der Waals surface area contributed by atoms with Crippen molar-refractivity contribution in [3.8, 4) is 11.5 Å². The second-order valence-electron chi connectivity index (χ2n) is 5.74. The van der Waals surface area contributed by atoms with Crippen LogP contribution in [0, 0.1) is 0 Å². The van der Waals surface area contributed by atoms with Crippen LogP contribution in [-0.4, -0.2) is 40.3 Å². The van der Waals surface area contributed by atoms with Gasteiger partial charge in [-0.3, -0.25) is 4.79 Å². The summed E-state index contributed by atoms with van der Waals surface area (Å²) in [6.07, 6.45) is 2.20. The van der Waals surface area contributed by atoms with Crippen molar-refractivity contribution < 1.29 is 13.9 Å². The molecular weight excluding hydrogens is 330 g/mol. The summed E-state index contributed by atoms with van der Waals surface area (Å²) in [5, 5.41) is 8.65. The molecule has 1 aromatic heterocycles. The summed E-state index contributed by atoms with van der Waals surface area (Å²) in [7, 11) is 0. The van der Waals surface area contributed by atoms with Crippen LogP contribution in [0.3, 0.4) is 0 Å². The Hall–Kier alpha value is -1.92. The van der Waals surface area contributed by atoms with Gasteiger partial charge in [-0.1, -0.05) is 30.7 Å². The molecule has 0 radical (unpaired) electrons. The van der Waals surface area contributed by atoms with E-state index >= 15 is 0 Å². The van der Waals surface area contributed by atoms with E-state index in [-0.39, 0.29) is 18.6 Å². The third kappa shape index (κ3) is 3.76. The largest absolute Gasteiger partial charge is 0.419 e. The molecule has 0 bridgehead atoms. The van der Waals surface area contributed by atoms with E-state index in [0.29, 0.717) is 35.5 Å². The molecule has 1 unspecified atom stereocenters. The van der Waals surface area contributed by atoms with Gasteiger partial charge in [-0.05, 0) is 31.4 Å². The molecule has 0 spiro atoms. The fourth-order valence-corrected chi connectivity index (χ4v) is 2.95. The van der Waals surface area contributed by atoms with Crippen LogP contribution in [0.5, 0.6) is 0 Å². The summed E-state index contributed by atoms with van der Waals surface area (Å²) < 4.78 is 11.2. The van der Waals surface area contributed by atoms with E-state index in [1.165, 1.54) is 0 Å². The van der Waals surface area contributed by atoms with Gasteiger partial charge in [0.2, 0.25) is 11.8 Å². The van der Waals surface area contributed by atoms with E-state index in [9.17, 15) is 4.79 Å². The number of amides is 1.